The average molecular weight is 1250 g/mol. The number of thioether (sulfide) groups is 1. The van der Waals surface area contributed by atoms with Crippen molar-refractivity contribution in [3.63, 3.8) is 0 Å². The van der Waals surface area contributed by atoms with Crippen molar-refractivity contribution in [3.05, 3.63) is 196 Å². The minimum atomic E-state index is -0.525. The minimum Gasteiger partial charge on any atom is -0.392 e. The van der Waals surface area contributed by atoms with Crippen molar-refractivity contribution in [1.82, 2.24) is 10.6 Å². The number of halogens is 9. The highest BCUT2D eigenvalue weighted by molar-refractivity contribution is 9.10. The van der Waals surface area contributed by atoms with Crippen molar-refractivity contribution in [1.29, 1.82) is 10.5 Å². The topological polar surface area (TPSA) is 202 Å². The lowest BCUT2D eigenvalue weighted by atomic mass is 10.1. The number of hydrogen-bond donors (Lipinski definition) is 6. The van der Waals surface area contributed by atoms with Gasteiger partial charge in [0.2, 0.25) is 0 Å². The number of anilines is 1. The van der Waals surface area contributed by atoms with E-state index in [4.69, 9.17) is 68.4 Å². The van der Waals surface area contributed by atoms with Gasteiger partial charge in [-0.2, -0.15) is 10.5 Å². The molecule has 0 radical (unpaired) electrons. The van der Waals surface area contributed by atoms with Crippen LogP contribution in [0.25, 0.3) is 0 Å². The predicted molar refractivity (Wildman–Crippen MR) is 292 cm³/mol. The molecule has 6 aromatic rings. The number of alkyl halides is 2. The van der Waals surface area contributed by atoms with Crippen LogP contribution in [0.4, 0.5) is 20.2 Å². The normalized spacial score (nSPS) is 10.1. The summed E-state index contributed by atoms with van der Waals surface area (Å²) < 4.78 is 27.6. The molecule has 0 bridgehead atoms. The summed E-state index contributed by atoms with van der Waals surface area (Å²) >= 11 is 33.4. The van der Waals surface area contributed by atoms with Crippen LogP contribution in [0, 0.1) is 34.3 Å². The fraction of sp³-hybridized carbons (Fsp3) is 0.106. The van der Waals surface area contributed by atoms with Crippen molar-refractivity contribution in [3.8, 4) is 12.1 Å². The number of carbonyl (C=O) groups is 2. The smallest absolute Gasteiger partial charge is 0.251 e. The van der Waals surface area contributed by atoms with Gasteiger partial charge < -0.3 is 32.5 Å². The van der Waals surface area contributed by atoms with Crippen LogP contribution >= 0.6 is 119 Å². The van der Waals surface area contributed by atoms with Crippen LogP contribution in [0.3, 0.4) is 0 Å². The number of hydrogen-bond acceptors (Lipinski definition) is 8. The number of aliphatic hydroxyl groups excluding tert-OH is 1. The number of amides is 2. The maximum atomic E-state index is 13.3. The molecule has 11 nitrogen and oxygen atoms in total. The van der Waals surface area contributed by atoms with E-state index in [1.165, 1.54) is 48.2 Å². The number of nitrogens with one attached hydrogen (secondary N) is 3. The number of amidine groups is 1. The molecule has 0 unspecified atom stereocenters. The molecule has 0 spiro atoms. The SMILES string of the molecule is Br.ClCCl.N#Cc1ccc(CNC(=O)c2ccc(Br)cc2CO)cc1.N#Cc1ccc(CNC(=O)c2ccc(Br)cc2CSC(N)=Nc2ccc(F)c(Cl)c2)cc1.NC(=S)Nc1ccc(F)c(Cl)c1. The first-order valence-corrected chi connectivity index (χ1v) is 24.1. The molecule has 0 aliphatic rings. The van der Waals surface area contributed by atoms with Crippen molar-refractivity contribution in [2.24, 2.45) is 16.5 Å². The zero-order valence-electron chi connectivity index (χ0n) is 35.6. The van der Waals surface area contributed by atoms with E-state index in [1.807, 2.05) is 12.1 Å². The van der Waals surface area contributed by atoms with E-state index in [0.29, 0.717) is 58.0 Å². The summed E-state index contributed by atoms with van der Waals surface area (Å²) in [5, 5.41) is 35.8. The van der Waals surface area contributed by atoms with E-state index in [0.717, 1.165) is 25.6 Å². The number of aliphatic imine (C=N–C) groups is 1. The number of nitrogens with two attached hydrogens (primary N) is 2. The van der Waals surface area contributed by atoms with Crippen LogP contribution in [0.15, 0.2) is 135 Å². The Morgan fingerprint density at radius 3 is 1.59 bits per heavy atom. The summed E-state index contributed by atoms with van der Waals surface area (Å²) in [4.78, 5) is 29.2. The van der Waals surface area contributed by atoms with Crippen LogP contribution in [0.5, 0.6) is 0 Å². The van der Waals surface area contributed by atoms with Gasteiger partial charge in [0, 0.05) is 44.6 Å². The Labute approximate surface area is 454 Å². The quantitative estimate of drug-likeness (QED) is 0.0314. The van der Waals surface area contributed by atoms with Gasteiger partial charge in [-0.15, -0.1) is 40.2 Å². The Morgan fingerprint density at radius 1 is 0.710 bits per heavy atom. The Hall–Kier alpha value is -4.83. The molecule has 0 aromatic heterocycles. The molecule has 22 heteroatoms. The molecule has 8 N–H and O–H groups in total. The maximum absolute atomic E-state index is 13.3. The fourth-order valence-corrected chi connectivity index (χ4v) is 7.35. The molecule has 0 heterocycles. The molecule has 2 amide bonds. The number of rotatable bonds is 11. The van der Waals surface area contributed by atoms with E-state index in [1.54, 1.807) is 78.9 Å². The lowest BCUT2D eigenvalue weighted by molar-refractivity contribution is 0.0941. The Balaban J connectivity index is 0.000000378. The molecule has 360 valence electrons. The van der Waals surface area contributed by atoms with E-state index >= 15 is 0 Å². The number of benzene rings is 6. The van der Waals surface area contributed by atoms with Crippen LogP contribution in [0.2, 0.25) is 10.0 Å². The highest BCUT2D eigenvalue weighted by atomic mass is 79.9. The van der Waals surface area contributed by atoms with E-state index in [-0.39, 0.29) is 61.1 Å². The molecule has 0 saturated heterocycles. The summed E-state index contributed by atoms with van der Waals surface area (Å²) in [6, 6.07) is 36.9. The number of aliphatic hydroxyl groups is 1. The lowest BCUT2D eigenvalue weighted by Gasteiger charge is -2.11. The lowest BCUT2D eigenvalue weighted by Crippen LogP contribution is -2.24. The van der Waals surface area contributed by atoms with Crippen molar-refractivity contribution < 1.29 is 23.5 Å². The third-order valence-corrected chi connectivity index (χ3v) is 11.1. The molecule has 0 atom stereocenters. The van der Waals surface area contributed by atoms with Gasteiger partial charge in [-0.25, -0.2) is 13.8 Å². The molecule has 0 saturated carbocycles. The van der Waals surface area contributed by atoms with E-state index in [2.05, 4.69) is 71.1 Å². The molecule has 0 aliphatic heterocycles. The summed E-state index contributed by atoms with van der Waals surface area (Å²) in [5.41, 5.74) is 17.5. The molecule has 0 fully saturated rings. The number of carbonyl (C=O) groups excluding carboxylic acids is 2. The molecule has 6 rings (SSSR count). The number of nitriles is 2. The first-order valence-electron chi connectivity index (χ1n) is 19.3. The largest absolute Gasteiger partial charge is 0.392 e. The monoisotopic (exact) mass is 1240 g/mol. The van der Waals surface area contributed by atoms with Gasteiger partial charge in [-0.3, -0.25) is 9.59 Å². The predicted octanol–water partition coefficient (Wildman–Crippen LogP) is 12.8. The first-order chi connectivity index (χ1) is 32.5. The van der Waals surface area contributed by atoms with Gasteiger partial charge in [0.1, 0.15) is 11.6 Å². The molecule has 0 aliphatic carbocycles. The van der Waals surface area contributed by atoms with Crippen LogP contribution in [-0.4, -0.2) is 32.5 Å². The number of thiocarbonyl (C=S) groups is 1. The third-order valence-electron chi connectivity index (χ3n) is 8.57. The summed E-state index contributed by atoms with van der Waals surface area (Å²) in [7, 11) is 0. The van der Waals surface area contributed by atoms with E-state index < -0.39 is 11.6 Å². The van der Waals surface area contributed by atoms with Crippen LogP contribution in [0.1, 0.15) is 54.1 Å². The molecule has 6 aromatic carbocycles. The van der Waals surface area contributed by atoms with Crippen LogP contribution in [-0.2, 0) is 25.4 Å². The highest BCUT2D eigenvalue weighted by Gasteiger charge is 2.14. The van der Waals surface area contributed by atoms with Crippen molar-refractivity contribution in [2.45, 2.75) is 25.4 Å². The average Bonchev–Trinajstić information content (AvgIpc) is 3.32. The van der Waals surface area contributed by atoms with Crippen molar-refractivity contribution in [2.75, 3.05) is 10.7 Å². The second-order valence-electron chi connectivity index (χ2n) is 13.3. The van der Waals surface area contributed by atoms with Gasteiger partial charge in [0.25, 0.3) is 11.8 Å². The second kappa shape index (κ2) is 32.1. The summed E-state index contributed by atoms with van der Waals surface area (Å²) in [5.74, 6) is -1.05. The Bertz CT molecular complexity index is 2810. The van der Waals surface area contributed by atoms with Gasteiger partial charge in [0.05, 0.1) is 50.9 Å². The second-order valence-corrected chi connectivity index (χ2v) is 18.2. The molecule has 69 heavy (non-hydrogen) atoms. The Kier molecular flexibility index (Phi) is 28.1. The summed E-state index contributed by atoms with van der Waals surface area (Å²) in [6.45, 7) is 0.507. The fourth-order valence-electron chi connectivity index (χ4n) is 5.35. The molecular formula is C47H39Br3Cl4F2N8O3S2. The highest BCUT2D eigenvalue weighted by Crippen LogP contribution is 2.26. The minimum absolute atomic E-state index is 0. The van der Waals surface area contributed by atoms with Gasteiger partial charge in [-0.1, -0.05) is 91.1 Å². The summed E-state index contributed by atoms with van der Waals surface area (Å²) in [6.07, 6.45) is 0. The number of nitrogens with zero attached hydrogens (tertiary/aromatic N) is 3. The zero-order chi connectivity index (χ0) is 50.2. The Morgan fingerprint density at radius 2 is 1.16 bits per heavy atom. The van der Waals surface area contributed by atoms with Crippen LogP contribution < -0.4 is 27.4 Å². The van der Waals surface area contributed by atoms with Gasteiger partial charge in [-0.05, 0) is 132 Å². The molecular weight excluding hydrogens is 1210 g/mol. The maximum Gasteiger partial charge on any atom is 0.251 e. The third kappa shape index (κ3) is 21.8. The standard InChI is InChI=1S/C23H17BrClFN4OS.C16H13BrN2O2.C7H6ClFN2S.CH2Cl2.BrH/c24-17-5-7-19(22(31)29-12-15-3-1-14(11-27)2-4-15)16(9-17)13-32-23(28)30-18-6-8-21(26)20(25)10-18;17-14-5-6-15(13(7-14)10-20)16(21)19-9-12-3-1-11(8-18)2-4-12;8-5-3-4(11-7(10)12)1-2-6(5)9;2-1-3;/h1-10H,12-13H2,(H2,28,30)(H,29,31);1-7,20H,9-10H2,(H,19,21);1-3H,(H3,10,11,12);1H2;1H. The van der Waals surface area contributed by atoms with Crippen molar-refractivity contribution >= 4 is 153 Å². The first kappa shape index (κ1) is 60.3. The van der Waals surface area contributed by atoms with Gasteiger partial charge in [0.15, 0.2) is 10.3 Å². The van der Waals surface area contributed by atoms with Gasteiger partial charge >= 0.3 is 0 Å². The van der Waals surface area contributed by atoms with E-state index in [9.17, 15) is 23.5 Å². The zero-order valence-corrected chi connectivity index (χ0v) is 45.1.